The number of benzene rings is 2. The lowest BCUT2D eigenvalue weighted by atomic mass is 9.87. The molecule has 3 rings (SSSR count). The molecule has 0 saturated carbocycles. The smallest absolute Gasteiger partial charge is 0.339 e. The van der Waals surface area contributed by atoms with Crippen molar-refractivity contribution in [3.63, 3.8) is 0 Å². The second kappa shape index (κ2) is 7.71. The summed E-state index contributed by atoms with van der Waals surface area (Å²) in [6.45, 7) is 3.18. The molecule has 7 heteroatoms. The Balaban J connectivity index is 2.38. The lowest BCUT2D eigenvalue weighted by molar-refractivity contribution is -0.111. The van der Waals surface area contributed by atoms with Crippen molar-refractivity contribution < 1.29 is 34.8 Å². The van der Waals surface area contributed by atoms with Crippen LogP contribution in [0.1, 0.15) is 44.3 Å². The molecule has 4 N–H and O–H groups in total. The lowest BCUT2D eigenvalue weighted by Gasteiger charge is -2.17. The summed E-state index contributed by atoms with van der Waals surface area (Å²) in [5.74, 6) is -3.60. The fourth-order valence-electron chi connectivity index (χ4n) is 3.25. The predicted octanol–water partition coefficient (Wildman–Crippen LogP) is 3.69. The first-order chi connectivity index (χ1) is 14.1. The number of carbonyl (C=O) groups excluding carboxylic acids is 1. The van der Waals surface area contributed by atoms with Crippen molar-refractivity contribution in [1.29, 1.82) is 0 Å². The van der Waals surface area contributed by atoms with Gasteiger partial charge in [-0.25, -0.2) is 9.59 Å². The Morgan fingerprint density at radius 3 is 2.07 bits per heavy atom. The van der Waals surface area contributed by atoms with Crippen molar-refractivity contribution in [3.8, 4) is 11.5 Å². The van der Waals surface area contributed by atoms with Crippen LogP contribution in [-0.2, 0) is 4.79 Å². The van der Waals surface area contributed by atoms with E-state index in [4.69, 9.17) is 0 Å². The number of ketones is 1. The minimum absolute atomic E-state index is 0.178. The highest BCUT2D eigenvalue weighted by molar-refractivity contribution is 6.07. The summed E-state index contributed by atoms with van der Waals surface area (Å²) in [5.41, 5.74) is 1.94. The molecule has 0 saturated heterocycles. The standard InChI is InChI=1S/C23H18O7/c1-11-7-13(3-5-18(11)24)20(14-4-6-19(25)16(9-14)22(27)28)15-8-12(2)21(26)17(10-15)23(29)30/h3-10,25-26H,1-2H3,(H,27,28)(H,29,30)/b20-13-. The molecule has 0 atom stereocenters. The summed E-state index contributed by atoms with van der Waals surface area (Å²) < 4.78 is 0. The number of aromatic hydroxyl groups is 2. The Hall–Kier alpha value is -4.13. The van der Waals surface area contributed by atoms with E-state index in [9.17, 15) is 34.8 Å². The van der Waals surface area contributed by atoms with Crippen LogP contribution in [-0.4, -0.2) is 38.1 Å². The van der Waals surface area contributed by atoms with E-state index in [0.29, 0.717) is 33.4 Å². The Labute approximate surface area is 171 Å². The first-order valence-electron chi connectivity index (χ1n) is 8.89. The normalized spacial score (nSPS) is 15.0. The van der Waals surface area contributed by atoms with Crippen LogP contribution in [0.3, 0.4) is 0 Å². The van der Waals surface area contributed by atoms with Gasteiger partial charge in [0.25, 0.3) is 0 Å². The largest absolute Gasteiger partial charge is 0.507 e. The molecule has 0 spiro atoms. The molecule has 0 aromatic heterocycles. The van der Waals surface area contributed by atoms with Gasteiger partial charge in [-0.2, -0.15) is 0 Å². The van der Waals surface area contributed by atoms with Crippen molar-refractivity contribution in [3.05, 3.63) is 87.5 Å². The van der Waals surface area contributed by atoms with Crippen LogP contribution in [0.2, 0.25) is 0 Å². The molecule has 152 valence electrons. The molecule has 0 amide bonds. The van der Waals surface area contributed by atoms with Crippen LogP contribution in [0.4, 0.5) is 0 Å². The van der Waals surface area contributed by atoms with Crippen LogP contribution in [0.15, 0.2) is 59.7 Å². The highest BCUT2D eigenvalue weighted by Gasteiger charge is 2.21. The van der Waals surface area contributed by atoms with Gasteiger partial charge in [0.2, 0.25) is 0 Å². The SMILES string of the molecule is CC1=C/C(=C(/c2ccc(O)c(C(=O)O)c2)c2cc(C)c(O)c(C(=O)O)c2)C=CC1=O. The number of rotatable bonds is 4. The monoisotopic (exact) mass is 406 g/mol. The molecule has 0 fully saturated rings. The van der Waals surface area contributed by atoms with Crippen molar-refractivity contribution >= 4 is 23.3 Å². The second-order valence-electron chi connectivity index (χ2n) is 6.89. The molecule has 2 aromatic carbocycles. The maximum Gasteiger partial charge on any atom is 0.339 e. The Bertz CT molecular complexity index is 1200. The fourth-order valence-corrected chi connectivity index (χ4v) is 3.25. The van der Waals surface area contributed by atoms with Gasteiger partial charge < -0.3 is 20.4 Å². The number of aryl methyl sites for hydroxylation is 1. The number of hydrogen-bond acceptors (Lipinski definition) is 5. The number of carbonyl (C=O) groups is 3. The average molecular weight is 406 g/mol. The third-order valence-corrected chi connectivity index (χ3v) is 4.80. The first kappa shape index (κ1) is 20.6. The van der Waals surface area contributed by atoms with E-state index in [0.717, 1.165) is 0 Å². The third kappa shape index (κ3) is 3.73. The van der Waals surface area contributed by atoms with E-state index in [1.165, 1.54) is 30.3 Å². The van der Waals surface area contributed by atoms with E-state index in [-0.39, 0.29) is 22.7 Å². The van der Waals surface area contributed by atoms with E-state index in [1.54, 1.807) is 32.1 Å². The van der Waals surface area contributed by atoms with Crippen LogP contribution in [0.5, 0.6) is 11.5 Å². The van der Waals surface area contributed by atoms with E-state index in [1.807, 2.05) is 0 Å². The highest BCUT2D eigenvalue weighted by Crippen LogP contribution is 2.36. The minimum Gasteiger partial charge on any atom is -0.507 e. The summed E-state index contributed by atoms with van der Waals surface area (Å²) in [6, 6.07) is 6.87. The van der Waals surface area contributed by atoms with Gasteiger partial charge in [0.15, 0.2) is 5.78 Å². The summed E-state index contributed by atoms with van der Waals surface area (Å²) in [7, 11) is 0. The van der Waals surface area contributed by atoms with Gasteiger partial charge in [0, 0.05) is 0 Å². The fraction of sp³-hybridized carbons (Fsp3) is 0.0870. The van der Waals surface area contributed by atoms with Crippen LogP contribution in [0.25, 0.3) is 5.57 Å². The number of carboxylic acid groups (broad SMARTS) is 2. The number of aromatic carboxylic acids is 2. The summed E-state index contributed by atoms with van der Waals surface area (Å²) in [4.78, 5) is 34.9. The van der Waals surface area contributed by atoms with Crippen molar-refractivity contribution in [2.45, 2.75) is 13.8 Å². The quantitative estimate of drug-likeness (QED) is 0.609. The zero-order valence-corrected chi connectivity index (χ0v) is 16.1. The summed E-state index contributed by atoms with van der Waals surface area (Å²) >= 11 is 0. The molecule has 0 unspecified atom stereocenters. The van der Waals surface area contributed by atoms with Crippen LogP contribution in [0, 0.1) is 6.92 Å². The predicted molar refractivity (Wildman–Crippen MR) is 109 cm³/mol. The van der Waals surface area contributed by atoms with E-state index in [2.05, 4.69) is 0 Å². The van der Waals surface area contributed by atoms with Gasteiger partial charge in [-0.3, -0.25) is 4.79 Å². The molecule has 2 aromatic rings. The van der Waals surface area contributed by atoms with Gasteiger partial charge in [0.05, 0.1) is 0 Å². The van der Waals surface area contributed by atoms with Crippen molar-refractivity contribution in [2.75, 3.05) is 0 Å². The molecular weight excluding hydrogens is 388 g/mol. The number of hydrogen-bond donors (Lipinski definition) is 4. The zero-order valence-electron chi connectivity index (χ0n) is 16.1. The minimum atomic E-state index is -1.33. The lowest BCUT2D eigenvalue weighted by Crippen LogP contribution is -2.05. The molecule has 1 aliphatic carbocycles. The Morgan fingerprint density at radius 2 is 1.47 bits per heavy atom. The van der Waals surface area contributed by atoms with Gasteiger partial charge in [-0.15, -0.1) is 0 Å². The van der Waals surface area contributed by atoms with Gasteiger partial charge in [0.1, 0.15) is 22.6 Å². The van der Waals surface area contributed by atoms with E-state index >= 15 is 0 Å². The van der Waals surface area contributed by atoms with E-state index < -0.39 is 17.7 Å². The maximum absolute atomic E-state index is 11.9. The number of carboxylic acids is 2. The van der Waals surface area contributed by atoms with Crippen LogP contribution < -0.4 is 0 Å². The topological polar surface area (TPSA) is 132 Å². The third-order valence-electron chi connectivity index (χ3n) is 4.80. The van der Waals surface area contributed by atoms with Crippen molar-refractivity contribution in [1.82, 2.24) is 0 Å². The molecule has 0 radical (unpaired) electrons. The van der Waals surface area contributed by atoms with Crippen molar-refractivity contribution in [2.24, 2.45) is 0 Å². The Kier molecular flexibility index (Phi) is 5.29. The molecule has 0 heterocycles. The van der Waals surface area contributed by atoms with Gasteiger partial charge in [-0.1, -0.05) is 12.1 Å². The molecule has 30 heavy (non-hydrogen) atoms. The maximum atomic E-state index is 11.9. The molecule has 7 nitrogen and oxygen atoms in total. The molecular formula is C23H18O7. The molecule has 1 aliphatic rings. The van der Waals surface area contributed by atoms with Gasteiger partial charge >= 0.3 is 11.9 Å². The summed E-state index contributed by atoms with van der Waals surface area (Å²) in [5, 5.41) is 38.8. The Morgan fingerprint density at radius 1 is 0.833 bits per heavy atom. The number of allylic oxidation sites excluding steroid dienone is 5. The molecule has 0 bridgehead atoms. The number of phenols is 2. The highest BCUT2D eigenvalue weighted by atomic mass is 16.4. The second-order valence-corrected chi connectivity index (χ2v) is 6.89. The zero-order chi connectivity index (χ0) is 22.2. The average Bonchev–Trinajstić information content (AvgIpc) is 2.68. The summed E-state index contributed by atoms with van der Waals surface area (Å²) in [6.07, 6.45) is 4.54. The van der Waals surface area contributed by atoms with Gasteiger partial charge in [-0.05, 0) is 83.7 Å². The molecule has 0 aliphatic heterocycles. The van der Waals surface area contributed by atoms with Crippen LogP contribution >= 0.6 is 0 Å². The first-order valence-corrected chi connectivity index (χ1v) is 8.89.